The number of hydrogen-bond acceptors (Lipinski definition) is 2. The molecule has 0 amide bonds. The molecule has 3 rings (SSSR count). The standard InChI is InChI=1S/C21H23NO.ClH/c1-22(2)15-20(18-9-5-3-6-10-18)13-17-14-21(23-16-17)19-11-7-4-8-12-19;/h3-12,14,16,20H,13,15H2,1-2H3;1H. The van der Waals surface area contributed by atoms with Gasteiger partial charge < -0.3 is 9.32 Å². The Labute approximate surface area is 150 Å². The summed E-state index contributed by atoms with van der Waals surface area (Å²) in [7, 11) is 4.25. The van der Waals surface area contributed by atoms with Gasteiger partial charge in [0.2, 0.25) is 0 Å². The number of likely N-dealkylation sites (N-methyl/N-ethyl adjacent to an activating group) is 1. The van der Waals surface area contributed by atoms with Gasteiger partial charge in [-0.25, -0.2) is 0 Å². The minimum absolute atomic E-state index is 0. The highest BCUT2D eigenvalue weighted by Gasteiger charge is 2.15. The maximum Gasteiger partial charge on any atom is 0.134 e. The molecule has 0 aliphatic rings. The fraction of sp³-hybridized carbons (Fsp3) is 0.238. The zero-order valence-corrected chi connectivity index (χ0v) is 15.0. The molecule has 0 N–H and O–H groups in total. The highest BCUT2D eigenvalue weighted by Crippen LogP contribution is 2.26. The van der Waals surface area contributed by atoms with Crippen molar-refractivity contribution in [1.82, 2.24) is 4.90 Å². The highest BCUT2D eigenvalue weighted by molar-refractivity contribution is 5.85. The molecule has 0 saturated heterocycles. The summed E-state index contributed by atoms with van der Waals surface area (Å²) >= 11 is 0. The molecule has 1 atom stereocenters. The van der Waals surface area contributed by atoms with Crippen LogP contribution in [0.25, 0.3) is 11.3 Å². The molecule has 1 unspecified atom stereocenters. The molecule has 0 saturated carbocycles. The summed E-state index contributed by atoms with van der Waals surface area (Å²) in [6, 6.07) is 23.2. The normalized spacial score (nSPS) is 12.0. The van der Waals surface area contributed by atoms with Gasteiger partial charge in [-0.2, -0.15) is 0 Å². The van der Waals surface area contributed by atoms with Crippen LogP contribution in [0.5, 0.6) is 0 Å². The molecule has 1 heterocycles. The van der Waals surface area contributed by atoms with Crippen molar-refractivity contribution in [3.63, 3.8) is 0 Å². The number of halogens is 1. The second-order valence-electron chi connectivity index (χ2n) is 6.26. The van der Waals surface area contributed by atoms with Gasteiger partial charge in [-0.1, -0.05) is 60.7 Å². The summed E-state index contributed by atoms with van der Waals surface area (Å²) < 4.78 is 5.78. The SMILES string of the molecule is CN(C)CC(Cc1coc(-c2ccccc2)c1)c1ccccc1.Cl. The molecule has 0 radical (unpaired) electrons. The van der Waals surface area contributed by atoms with Crippen LogP contribution in [0.3, 0.4) is 0 Å². The second kappa shape index (κ2) is 8.72. The van der Waals surface area contributed by atoms with Crippen molar-refractivity contribution in [2.24, 2.45) is 0 Å². The average Bonchev–Trinajstić information content (AvgIpc) is 3.04. The van der Waals surface area contributed by atoms with E-state index in [1.807, 2.05) is 24.5 Å². The summed E-state index contributed by atoms with van der Waals surface area (Å²) in [6.45, 7) is 1.02. The maximum absolute atomic E-state index is 5.78. The summed E-state index contributed by atoms with van der Waals surface area (Å²) in [5.74, 6) is 1.41. The lowest BCUT2D eigenvalue weighted by molar-refractivity contribution is 0.371. The van der Waals surface area contributed by atoms with Crippen molar-refractivity contribution < 1.29 is 4.42 Å². The summed E-state index contributed by atoms with van der Waals surface area (Å²) in [5, 5.41) is 0. The first kappa shape index (κ1) is 18.3. The lowest BCUT2D eigenvalue weighted by Gasteiger charge is -2.21. The molecule has 3 heteroatoms. The van der Waals surface area contributed by atoms with Crippen molar-refractivity contribution in [1.29, 1.82) is 0 Å². The van der Waals surface area contributed by atoms with E-state index in [4.69, 9.17) is 4.42 Å². The van der Waals surface area contributed by atoms with Crippen LogP contribution in [0, 0.1) is 0 Å². The Hall–Kier alpha value is -2.03. The number of hydrogen-bond donors (Lipinski definition) is 0. The van der Waals surface area contributed by atoms with E-state index < -0.39 is 0 Å². The first-order valence-electron chi connectivity index (χ1n) is 8.05. The molecule has 0 bridgehead atoms. The predicted molar refractivity (Wildman–Crippen MR) is 103 cm³/mol. The number of benzene rings is 2. The Morgan fingerprint density at radius 3 is 2.17 bits per heavy atom. The first-order valence-corrected chi connectivity index (χ1v) is 8.05. The van der Waals surface area contributed by atoms with Gasteiger partial charge in [0.15, 0.2) is 0 Å². The van der Waals surface area contributed by atoms with Gasteiger partial charge in [0.25, 0.3) is 0 Å². The molecule has 2 aromatic carbocycles. The molecule has 0 aliphatic heterocycles. The van der Waals surface area contributed by atoms with E-state index in [0.717, 1.165) is 24.3 Å². The number of nitrogens with zero attached hydrogens (tertiary/aromatic N) is 1. The van der Waals surface area contributed by atoms with Gasteiger partial charge in [0.05, 0.1) is 6.26 Å². The van der Waals surface area contributed by atoms with Crippen molar-refractivity contribution in [2.45, 2.75) is 12.3 Å². The van der Waals surface area contributed by atoms with Gasteiger partial charge in [-0.3, -0.25) is 0 Å². The van der Waals surface area contributed by atoms with E-state index in [0.29, 0.717) is 5.92 Å². The van der Waals surface area contributed by atoms with E-state index in [1.165, 1.54) is 11.1 Å². The van der Waals surface area contributed by atoms with Crippen LogP contribution in [0.15, 0.2) is 77.4 Å². The number of rotatable bonds is 6. The minimum Gasteiger partial charge on any atom is -0.464 e. The molecule has 126 valence electrons. The monoisotopic (exact) mass is 341 g/mol. The van der Waals surface area contributed by atoms with Crippen LogP contribution in [-0.2, 0) is 6.42 Å². The smallest absolute Gasteiger partial charge is 0.134 e. The van der Waals surface area contributed by atoms with E-state index in [-0.39, 0.29) is 12.4 Å². The molecule has 24 heavy (non-hydrogen) atoms. The van der Waals surface area contributed by atoms with Crippen molar-refractivity contribution in [2.75, 3.05) is 20.6 Å². The fourth-order valence-corrected chi connectivity index (χ4v) is 2.97. The Morgan fingerprint density at radius 1 is 0.917 bits per heavy atom. The van der Waals surface area contributed by atoms with Crippen LogP contribution in [0.2, 0.25) is 0 Å². The molecular weight excluding hydrogens is 318 g/mol. The Balaban J connectivity index is 0.00000208. The lowest BCUT2D eigenvalue weighted by atomic mass is 9.92. The Kier molecular flexibility index (Phi) is 6.65. The molecule has 1 aromatic heterocycles. The fourth-order valence-electron chi connectivity index (χ4n) is 2.97. The van der Waals surface area contributed by atoms with Crippen molar-refractivity contribution >= 4 is 12.4 Å². The third kappa shape index (κ3) is 4.73. The minimum atomic E-state index is 0. The van der Waals surface area contributed by atoms with E-state index in [1.54, 1.807) is 0 Å². The van der Waals surface area contributed by atoms with Crippen LogP contribution in [0.4, 0.5) is 0 Å². The van der Waals surface area contributed by atoms with E-state index >= 15 is 0 Å². The van der Waals surface area contributed by atoms with Gasteiger partial charge in [-0.15, -0.1) is 12.4 Å². The zero-order chi connectivity index (χ0) is 16.1. The average molecular weight is 342 g/mol. The van der Waals surface area contributed by atoms with E-state index in [9.17, 15) is 0 Å². The van der Waals surface area contributed by atoms with Crippen LogP contribution in [-0.4, -0.2) is 25.5 Å². The molecule has 0 aliphatic carbocycles. The Morgan fingerprint density at radius 2 is 1.54 bits per heavy atom. The zero-order valence-electron chi connectivity index (χ0n) is 14.2. The molecule has 0 spiro atoms. The largest absolute Gasteiger partial charge is 0.464 e. The lowest BCUT2D eigenvalue weighted by Crippen LogP contribution is -2.21. The summed E-state index contributed by atoms with van der Waals surface area (Å²) in [5.41, 5.74) is 3.76. The molecule has 2 nitrogen and oxygen atoms in total. The third-order valence-corrected chi connectivity index (χ3v) is 4.05. The van der Waals surface area contributed by atoms with Crippen LogP contribution >= 0.6 is 12.4 Å². The van der Waals surface area contributed by atoms with Crippen molar-refractivity contribution in [3.8, 4) is 11.3 Å². The summed E-state index contributed by atoms with van der Waals surface area (Å²) in [4.78, 5) is 2.25. The third-order valence-electron chi connectivity index (χ3n) is 4.05. The van der Waals surface area contributed by atoms with Gasteiger partial charge in [0, 0.05) is 18.0 Å². The molecule has 3 aromatic rings. The van der Waals surface area contributed by atoms with E-state index in [2.05, 4.69) is 67.5 Å². The Bertz CT molecular complexity index is 722. The van der Waals surface area contributed by atoms with Crippen molar-refractivity contribution in [3.05, 3.63) is 84.1 Å². The topological polar surface area (TPSA) is 16.4 Å². The number of furan rings is 1. The predicted octanol–water partition coefficient (Wildman–Crippen LogP) is 5.26. The summed E-state index contributed by atoms with van der Waals surface area (Å²) in [6.07, 6.45) is 2.88. The first-order chi connectivity index (χ1) is 11.2. The quantitative estimate of drug-likeness (QED) is 0.608. The molecular formula is C21H24ClNO. The highest BCUT2D eigenvalue weighted by atomic mass is 35.5. The molecule has 0 fully saturated rings. The van der Waals surface area contributed by atoms with Crippen LogP contribution in [0.1, 0.15) is 17.0 Å². The van der Waals surface area contributed by atoms with Gasteiger partial charge in [-0.05, 0) is 37.7 Å². The van der Waals surface area contributed by atoms with Gasteiger partial charge >= 0.3 is 0 Å². The van der Waals surface area contributed by atoms with Crippen LogP contribution < -0.4 is 0 Å². The second-order valence-corrected chi connectivity index (χ2v) is 6.26. The van der Waals surface area contributed by atoms with Gasteiger partial charge in [0.1, 0.15) is 5.76 Å². The maximum atomic E-state index is 5.78.